The highest BCUT2D eigenvalue weighted by atomic mass is 32.2. The first-order chi connectivity index (χ1) is 7.27. The number of morpholine rings is 1. The van der Waals surface area contributed by atoms with E-state index < -0.39 is 6.10 Å². The van der Waals surface area contributed by atoms with Crippen LogP contribution in [0.5, 0.6) is 0 Å². The van der Waals surface area contributed by atoms with E-state index in [0.717, 1.165) is 24.6 Å². The van der Waals surface area contributed by atoms with Gasteiger partial charge < -0.3 is 9.47 Å². The van der Waals surface area contributed by atoms with E-state index in [4.69, 9.17) is 4.74 Å². The minimum atomic E-state index is -0.393. The predicted octanol–water partition coefficient (Wildman–Crippen LogP) is 0.613. The summed E-state index contributed by atoms with van der Waals surface area (Å²) in [5, 5.41) is 0. The van der Waals surface area contributed by atoms with E-state index >= 15 is 0 Å². The minimum absolute atomic E-state index is 0.261. The van der Waals surface area contributed by atoms with Crippen molar-refractivity contribution in [2.45, 2.75) is 13.0 Å². The number of hydrogen-bond donors (Lipinski definition) is 0. The molecule has 0 aliphatic carbocycles. The molecule has 0 bridgehead atoms. The standard InChI is InChI=1S/C10H19NO3S/c1-3-15-7-5-11-4-6-14-9(8-11)10(12)13-2/h9H,3-8H2,1-2H3. The highest BCUT2D eigenvalue weighted by Crippen LogP contribution is 2.08. The van der Waals surface area contributed by atoms with Crippen LogP contribution < -0.4 is 0 Å². The van der Waals surface area contributed by atoms with Gasteiger partial charge in [0.1, 0.15) is 0 Å². The quantitative estimate of drug-likeness (QED) is 0.514. The lowest BCUT2D eigenvalue weighted by molar-refractivity contribution is -0.159. The maximum atomic E-state index is 11.3. The van der Waals surface area contributed by atoms with E-state index in [1.165, 1.54) is 7.11 Å². The monoisotopic (exact) mass is 233 g/mol. The fraction of sp³-hybridized carbons (Fsp3) is 0.900. The van der Waals surface area contributed by atoms with Crippen LogP contribution in [0.25, 0.3) is 0 Å². The van der Waals surface area contributed by atoms with Crippen LogP contribution in [0.1, 0.15) is 6.92 Å². The number of carbonyl (C=O) groups is 1. The van der Waals surface area contributed by atoms with Crippen molar-refractivity contribution in [3.63, 3.8) is 0 Å². The van der Waals surface area contributed by atoms with Gasteiger partial charge in [0, 0.05) is 25.4 Å². The number of thioether (sulfide) groups is 1. The van der Waals surface area contributed by atoms with Crippen molar-refractivity contribution >= 4 is 17.7 Å². The molecule has 0 saturated carbocycles. The third-order valence-electron chi connectivity index (χ3n) is 2.37. The molecule has 1 unspecified atom stereocenters. The van der Waals surface area contributed by atoms with E-state index in [0.29, 0.717) is 13.2 Å². The van der Waals surface area contributed by atoms with Crippen molar-refractivity contribution in [3.8, 4) is 0 Å². The summed E-state index contributed by atoms with van der Waals surface area (Å²) in [4.78, 5) is 13.5. The van der Waals surface area contributed by atoms with Crippen molar-refractivity contribution in [2.75, 3.05) is 44.9 Å². The number of carbonyl (C=O) groups excluding carboxylic acids is 1. The molecule has 1 fully saturated rings. The molecule has 1 aliphatic rings. The average molecular weight is 233 g/mol. The average Bonchev–Trinajstić information content (AvgIpc) is 2.29. The first-order valence-electron chi connectivity index (χ1n) is 5.27. The first kappa shape index (κ1) is 12.8. The Kier molecular flexibility index (Phi) is 6.05. The van der Waals surface area contributed by atoms with Crippen LogP contribution >= 0.6 is 11.8 Å². The topological polar surface area (TPSA) is 38.8 Å². The number of hydrogen-bond acceptors (Lipinski definition) is 5. The lowest BCUT2D eigenvalue weighted by atomic mass is 10.3. The molecule has 1 saturated heterocycles. The van der Waals surface area contributed by atoms with Crippen LogP contribution in [0.15, 0.2) is 0 Å². The van der Waals surface area contributed by atoms with Gasteiger partial charge in [0.2, 0.25) is 0 Å². The number of nitrogens with zero attached hydrogens (tertiary/aromatic N) is 1. The Hall–Kier alpha value is -0.260. The van der Waals surface area contributed by atoms with Crippen molar-refractivity contribution in [1.29, 1.82) is 0 Å². The molecule has 1 heterocycles. The van der Waals surface area contributed by atoms with Gasteiger partial charge in [0.05, 0.1) is 13.7 Å². The third kappa shape index (κ3) is 4.40. The van der Waals surface area contributed by atoms with E-state index in [-0.39, 0.29) is 5.97 Å². The largest absolute Gasteiger partial charge is 0.467 e. The van der Waals surface area contributed by atoms with Crippen LogP contribution in [0.3, 0.4) is 0 Å². The lowest BCUT2D eigenvalue weighted by Gasteiger charge is -2.31. The van der Waals surface area contributed by atoms with E-state index in [2.05, 4.69) is 16.6 Å². The highest BCUT2D eigenvalue weighted by molar-refractivity contribution is 7.99. The minimum Gasteiger partial charge on any atom is -0.467 e. The van der Waals surface area contributed by atoms with E-state index in [9.17, 15) is 4.79 Å². The fourth-order valence-corrected chi connectivity index (χ4v) is 2.19. The smallest absolute Gasteiger partial charge is 0.336 e. The molecule has 88 valence electrons. The van der Waals surface area contributed by atoms with Crippen LogP contribution in [-0.2, 0) is 14.3 Å². The molecule has 0 aromatic heterocycles. The van der Waals surface area contributed by atoms with Gasteiger partial charge in [-0.2, -0.15) is 11.8 Å². The molecule has 0 radical (unpaired) electrons. The van der Waals surface area contributed by atoms with Gasteiger partial charge in [-0.1, -0.05) is 6.92 Å². The van der Waals surface area contributed by atoms with Crippen LogP contribution in [-0.4, -0.2) is 61.8 Å². The Morgan fingerprint density at radius 3 is 3.13 bits per heavy atom. The fourth-order valence-electron chi connectivity index (χ4n) is 1.52. The Labute approximate surface area is 95.3 Å². The summed E-state index contributed by atoms with van der Waals surface area (Å²) < 4.78 is 10.0. The number of methoxy groups -OCH3 is 1. The summed E-state index contributed by atoms with van der Waals surface area (Å²) in [5.74, 6) is 2.00. The second-order valence-electron chi connectivity index (χ2n) is 3.38. The zero-order valence-electron chi connectivity index (χ0n) is 9.40. The Morgan fingerprint density at radius 1 is 1.67 bits per heavy atom. The molecule has 1 rings (SSSR count). The van der Waals surface area contributed by atoms with Gasteiger partial charge in [-0.3, -0.25) is 4.90 Å². The third-order valence-corrected chi connectivity index (χ3v) is 3.25. The van der Waals surface area contributed by atoms with Crippen LogP contribution in [0, 0.1) is 0 Å². The Morgan fingerprint density at radius 2 is 2.47 bits per heavy atom. The molecule has 5 heteroatoms. The number of ether oxygens (including phenoxy) is 2. The molecule has 1 aliphatic heterocycles. The van der Waals surface area contributed by atoms with Crippen molar-refractivity contribution in [3.05, 3.63) is 0 Å². The normalized spacial score (nSPS) is 22.7. The summed E-state index contributed by atoms with van der Waals surface area (Å²) in [6.45, 7) is 5.38. The maximum Gasteiger partial charge on any atom is 0.336 e. The van der Waals surface area contributed by atoms with Crippen molar-refractivity contribution < 1.29 is 14.3 Å². The zero-order valence-corrected chi connectivity index (χ0v) is 10.2. The van der Waals surface area contributed by atoms with Gasteiger partial charge in [-0.25, -0.2) is 4.79 Å². The number of esters is 1. The van der Waals surface area contributed by atoms with Crippen LogP contribution in [0.4, 0.5) is 0 Å². The second-order valence-corrected chi connectivity index (χ2v) is 4.77. The van der Waals surface area contributed by atoms with Gasteiger partial charge in [0.25, 0.3) is 0 Å². The molecule has 4 nitrogen and oxygen atoms in total. The van der Waals surface area contributed by atoms with Gasteiger partial charge in [0.15, 0.2) is 6.10 Å². The molecule has 1 atom stereocenters. The predicted molar refractivity (Wildman–Crippen MR) is 61.2 cm³/mol. The summed E-state index contributed by atoms with van der Waals surface area (Å²) >= 11 is 1.92. The molecule has 0 aromatic carbocycles. The Bertz CT molecular complexity index is 201. The molecular formula is C10H19NO3S. The molecule has 0 aromatic rings. The molecular weight excluding hydrogens is 214 g/mol. The molecule has 15 heavy (non-hydrogen) atoms. The summed E-state index contributed by atoms with van der Waals surface area (Å²) in [6.07, 6.45) is -0.393. The summed E-state index contributed by atoms with van der Waals surface area (Å²) in [6, 6.07) is 0. The lowest BCUT2D eigenvalue weighted by Crippen LogP contribution is -2.47. The summed E-state index contributed by atoms with van der Waals surface area (Å²) in [5.41, 5.74) is 0. The summed E-state index contributed by atoms with van der Waals surface area (Å²) in [7, 11) is 1.40. The molecule has 0 amide bonds. The van der Waals surface area contributed by atoms with Gasteiger partial charge in [-0.15, -0.1) is 0 Å². The van der Waals surface area contributed by atoms with Gasteiger partial charge >= 0.3 is 5.97 Å². The second kappa shape index (κ2) is 7.09. The van der Waals surface area contributed by atoms with Crippen molar-refractivity contribution in [2.24, 2.45) is 0 Å². The zero-order chi connectivity index (χ0) is 11.1. The van der Waals surface area contributed by atoms with E-state index in [1.807, 2.05) is 11.8 Å². The van der Waals surface area contributed by atoms with Crippen LogP contribution in [0.2, 0.25) is 0 Å². The van der Waals surface area contributed by atoms with Gasteiger partial charge in [-0.05, 0) is 5.75 Å². The highest BCUT2D eigenvalue weighted by Gasteiger charge is 2.26. The maximum absolute atomic E-state index is 11.3. The molecule has 0 spiro atoms. The SMILES string of the molecule is CCSCCN1CCOC(C(=O)OC)C1. The Balaban J connectivity index is 2.26. The first-order valence-corrected chi connectivity index (χ1v) is 6.43. The van der Waals surface area contributed by atoms with Crippen molar-refractivity contribution in [1.82, 2.24) is 4.90 Å². The molecule has 0 N–H and O–H groups in total. The van der Waals surface area contributed by atoms with E-state index in [1.54, 1.807) is 0 Å². The number of rotatable bonds is 5.